The van der Waals surface area contributed by atoms with Gasteiger partial charge in [0.25, 0.3) is 5.91 Å². The molecule has 2 aliphatic heterocycles. The highest BCUT2D eigenvalue weighted by Gasteiger charge is 2.37. The lowest BCUT2D eigenvalue weighted by molar-refractivity contribution is 0.0658. The van der Waals surface area contributed by atoms with Crippen LogP contribution in [0.15, 0.2) is 34.5 Å². The maximum atomic E-state index is 13.3. The number of benzene rings is 1. The van der Waals surface area contributed by atoms with E-state index >= 15 is 0 Å². The van der Waals surface area contributed by atoms with Gasteiger partial charge in [-0.15, -0.1) is 11.3 Å². The Morgan fingerprint density at radius 3 is 2.86 bits per heavy atom. The molecule has 6 nitrogen and oxygen atoms in total. The highest BCUT2D eigenvalue weighted by molar-refractivity contribution is 7.89. The number of nitrogens with one attached hydrogen (secondary N) is 2. The molecule has 0 bridgehead atoms. The summed E-state index contributed by atoms with van der Waals surface area (Å²) in [4.78, 5) is 16.8. The van der Waals surface area contributed by atoms with Crippen molar-refractivity contribution >= 4 is 33.0 Å². The molecule has 2 aromatic rings. The monoisotopic (exact) mass is 431 g/mol. The standard InChI is InChI=1S/C21H25N3O3S2/c25-21(16-13-28-18-9-3-1-7-15(16)18)24-11-5-6-14(12-24)20-22-17-8-2-4-10-19(17)29(26,27)23-20/h2,4,8,10,13-14,20,22-23H,1,3,5-7,9,11-12H2/t14-,20+/m1/s1. The van der Waals surface area contributed by atoms with Gasteiger partial charge < -0.3 is 10.2 Å². The third-order valence-electron chi connectivity index (χ3n) is 6.28. The normalized spacial score (nSPS) is 25.6. The Kier molecular flexibility index (Phi) is 4.88. The molecule has 1 fully saturated rings. The maximum absolute atomic E-state index is 13.3. The van der Waals surface area contributed by atoms with Crippen LogP contribution in [-0.2, 0) is 22.9 Å². The number of thiophene rings is 1. The van der Waals surface area contributed by atoms with E-state index in [4.69, 9.17) is 0 Å². The molecule has 1 aromatic carbocycles. The van der Waals surface area contributed by atoms with Crippen LogP contribution in [0, 0.1) is 5.92 Å². The molecule has 2 atom stereocenters. The maximum Gasteiger partial charge on any atom is 0.254 e. The summed E-state index contributed by atoms with van der Waals surface area (Å²) in [5, 5.41) is 5.37. The number of anilines is 1. The molecule has 1 aliphatic carbocycles. The van der Waals surface area contributed by atoms with Crippen LogP contribution in [0.1, 0.15) is 46.5 Å². The Morgan fingerprint density at radius 1 is 1.14 bits per heavy atom. The number of hydrogen-bond acceptors (Lipinski definition) is 5. The molecule has 3 heterocycles. The van der Waals surface area contributed by atoms with Crippen LogP contribution < -0.4 is 10.0 Å². The zero-order chi connectivity index (χ0) is 20.0. The topological polar surface area (TPSA) is 78.5 Å². The lowest BCUT2D eigenvalue weighted by atomic mass is 9.92. The summed E-state index contributed by atoms with van der Waals surface area (Å²) in [6, 6.07) is 6.96. The first-order valence-corrected chi connectivity index (χ1v) is 12.7. The third kappa shape index (κ3) is 3.47. The van der Waals surface area contributed by atoms with E-state index in [-0.39, 0.29) is 16.7 Å². The van der Waals surface area contributed by atoms with Crippen LogP contribution in [0.2, 0.25) is 0 Å². The number of aryl methyl sites for hydroxylation is 1. The number of carbonyl (C=O) groups excluding carboxylic acids is 1. The summed E-state index contributed by atoms with van der Waals surface area (Å²) in [7, 11) is -3.55. The molecular weight excluding hydrogens is 406 g/mol. The first-order chi connectivity index (χ1) is 14.0. The average molecular weight is 432 g/mol. The second kappa shape index (κ2) is 7.41. The van der Waals surface area contributed by atoms with Crippen molar-refractivity contribution < 1.29 is 13.2 Å². The van der Waals surface area contributed by atoms with Gasteiger partial charge in [0.05, 0.1) is 17.4 Å². The Bertz CT molecular complexity index is 1050. The highest BCUT2D eigenvalue weighted by Crippen LogP contribution is 2.33. The summed E-state index contributed by atoms with van der Waals surface area (Å²) in [6.45, 7) is 1.29. The van der Waals surface area contributed by atoms with E-state index in [0.29, 0.717) is 12.2 Å². The second-order valence-corrected chi connectivity index (χ2v) is 10.8. The number of piperidine rings is 1. The summed E-state index contributed by atoms with van der Waals surface area (Å²) >= 11 is 1.71. The van der Waals surface area contributed by atoms with E-state index in [1.165, 1.54) is 16.9 Å². The van der Waals surface area contributed by atoms with Gasteiger partial charge in [0.15, 0.2) is 0 Å². The van der Waals surface area contributed by atoms with Gasteiger partial charge in [0, 0.05) is 29.3 Å². The van der Waals surface area contributed by atoms with Crippen LogP contribution in [-0.4, -0.2) is 38.5 Å². The van der Waals surface area contributed by atoms with Gasteiger partial charge >= 0.3 is 0 Å². The molecule has 0 unspecified atom stereocenters. The zero-order valence-electron chi connectivity index (χ0n) is 16.2. The summed E-state index contributed by atoms with van der Waals surface area (Å²) in [5.41, 5.74) is 2.75. The van der Waals surface area contributed by atoms with Gasteiger partial charge in [-0.05, 0) is 56.2 Å². The first-order valence-electron chi connectivity index (χ1n) is 10.3. The SMILES string of the molecule is O=C(c1csc2c1CCCC2)N1CCC[C@@H]([C@H]2Nc3ccccc3S(=O)(=O)N2)C1. The number of rotatable bonds is 2. The number of likely N-dealkylation sites (tertiary alicyclic amines) is 1. The van der Waals surface area contributed by atoms with Crippen LogP contribution in [0.5, 0.6) is 0 Å². The fourth-order valence-corrected chi connectivity index (χ4v) is 7.28. The Morgan fingerprint density at radius 2 is 1.97 bits per heavy atom. The molecule has 0 spiro atoms. The first kappa shape index (κ1) is 19.1. The average Bonchev–Trinajstić information content (AvgIpc) is 3.17. The predicted molar refractivity (Wildman–Crippen MR) is 114 cm³/mol. The lowest BCUT2D eigenvalue weighted by Crippen LogP contribution is -2.54. The molecule has 1 amide bonds. The molecule has 3 aliphatic rings. The third-order valence-corrected chi connectivity index (χ3v) is 8.87. The largest absolute Gasteiger partial charge is 0.368 e. The fourth-order valence-electron chi connectivity index (χ4n) is 4.77. The van der Waals surface area contributed by atoms with Gasteiger partial charge in [0.1, 0.15) is 4.90 Å². The molecule has 8 heteroatoms. The van der Waals surface area contributed by atoms with Crippen molar-refractivity contribution in [3.63, 3.8) is 0 Å². The van der Waals surface area contributed by atoms with E-state index in [2.05, 4.69) is 10.0 Å². The van der Waals surface area contributed by atoms with Crippen LogP contribution in [0.4, 0.5) is 5.69 Å². The molecule has 2 N–H and O–H groups in total. The molecule has 0 radical (unpaired) electrons. The Balaban J connectivity index is 1.35. The van der Waals surface area contributed by atoms with Gasteiger partial charge in [-0.3, -0.25) is 4.79 Å². The fraction of sp³-hybridized carbons (Fsp3) is 0.476. The lowest BCUT2D eigenvalue weighted by Gasteiger charge is -2.39. The molecule has 154 valence electrons. The van der Waals surface area contributed by atoms with E-state index < -0.39 is 16.2 Å². The number of fused-ring (bicyclic) bond motifs is 2. The van der Waals surface area contributed by atoms with E-state index in [1.54, 1.807) is 29.5 Å². The van der Waals surface area contributed by atoms with Crippen molar-refractivity contribution in [2.24, 2.45) is 5.92 Å². The summed E-state index contributed by atoms with van der Waals surface area (Å²) < 4.78 is 28.1. The summed E-state index contributed by atoms with van der Waals surface area (Å²) in [5.74, 6) is 0.137. The second-order valence-electron chi connectivity index (χ2n) is 8.15. The number of amides is 1. The molecule has 1 aromatic heterocycles. The molecule has 5 rings (SSSR count). The van der Waals surface area contributed by atoms with Gasteiger partial charge in [-0.2, -0.15) is 4.72 Å². The predicted octanol–water partition coefficient (Wildman–Crippen LogP) is 3.21. The molecule has 1 saturated heterocycles. The van der Waals surface area contributed by atoms with Crippen molar-refractivity contribution in [3.8, 4) is 0 Å². The van der Waals surface area contributed by atoms with Crippen molar-refractivity contribution in [2.45, 2.75) is 49.6 Å². The van der Waals surface area contributed by atoms with E-state index in [1.807, 2.05) is 16.3 Å². The number of nitrogens with zero attached hydrogens (tertiary/aromatic N) is 1. The Labute approximate surface area is 175 Å². The minimum absolute atomic E-state index is 0.0327. The van der Waals surface area contributed by atoms with Crippen molar-refractivity contribution in [3.05, 3.63) is 45.6 Å². The number of sulfonamides is 1. The summed E-state index contributed by atoms with van der Waals surface area (Å²) in [6.07, 6.45) is 5.81. The van der Waals surface area contributed by atoms with Crippen molar-refractivity contribution in [1.29, 1.82) is 0 Å². The smallest absolute Gasteiger partial charge is 0.254 e. The minimum atomic E-state index is -3.55. The number of carbonyl (C=O) groups is 1. The molecule has 29 heavy (non-hydrogen) atoms. The van der Waals surface area contributed by atoms with Crippen molar-refractivity contribution in [2.75, 3.05) is 18.4 Å². The van der Waals surface area contributed by atoms with Gasteiger partial charge in [-0.25, -0.2) is 8.42 Å². The number of para-hydroxylation sites is 1. The van der Waals surface area contributed by atoms with E-state index in [9.17, 15) is 13.2 Å². The highest BCUT2D eigenvalue weighted by atomic mass is 32.2. The molecular formula is C21H25N3O3S2. The van der Waals surface area contributed by atoms with Crippen molar-refractivity contribution in [1.82, 2.24) is 9.62 Å². The minimum Gasteiger partial charge on any atom is -0.368 e. The van der Waals surface area contributed by atoms with Crippen LogP contribution in [0.3, 0.4) is 0 Å². The van der Waals surface area contributed by atoms with Crippen LogP contribution in [0.25, 0.3) is 0 Å². The van der Waals surface area contributed by atoms with E-state index in [0.717, 1.165) is 44.2 Å². The van der Waals surface area contributed by atoms with Gasteiger partial charge in [0.2, 0.25) is 10.0 Å². The van der Waals surface area contributed by atoms with Gasteiger partial charge in [-0.1, -0.05) is 12.1 Å². The zero-order valence-corrected chi connectivity index (χ0v) is 17.8. The Hall–Kier alpha value is -1.90. The quantitative estimate of drug-likeness (QED) is 0.765. The number of hydrogen-bond donors (Lipinski definition) is 2. The van der Waals surface area contributed by atoms with Crippen LogP contribution >= 0.6 is 11.3 Å². The molecule has 0 saturated carbocycles.